The molecule has 0 saturated heterocycles. The zero-order valence-corrected chi connectivity index (χ0v) is 26.6. The van der Waals surface area contributed by atoms with Crippen molar-refractivity contribution in [1.82, 2.24) is 5.32 Å². The number of amides is 1. The van der Waals surface area contributed by atoms with Gasteiger partial charge in [-0.25, -0.2) is 0 Å². The van der Waals surface area contributed by atoms with E-state index in [9.17, 15) is 29.1 Å². The van der Waals surface area contributed by atoms with E-state index in [0.717, 1.165) is 15.6 Å². The van der Waals surface area contributed by atoms with E-state index < -0.39 is 11.9 Å². The van der Waals surface area contributed by atoms with Gasteiger partial charge >= 0.3 is 5.97 Å². The Kier molecular flexibility index (Phi) is 21.8. The van der Waals surface area contributed by atoms with E-state index in [1.165, 1.54) is 6.92 Å². The highest BCUT2D eigenvalue weighted by molar-refractivity contribution is 14.1. The summed E-state index contributed by atoms with van der Waals surface area (Å²) in [6.45, 7) is 3.65. The van der Waals surface area contributed by atoms with Crippen LogP contribution in [0.1, 0.15) is 57.4 Å². The van der Waals surface area contributed by atoms with Crippen LogP contribution < -0.4 is 5.32 Å². The number of aliphatic carboxylic acids is 1. The molecule has 0 aromatic heterocycles. The van der Waals surface area contributed by atoms with E-state index in [1.54, 1.807) is 0 Å². The van der Waals surface area contributed by atoms with E-state index in [1.807, 2.05) is 24.3 Å². The Bertz CT molecular complexity index is 954. The zero-order chi connectivity index (χ0) is 31.0. The summed E-state index contributed by atoms with van der Waals surface area (Å²) >= 11 is 2.23. The Morgan fingerprint density at radius 1 is 0.786 bits per heavy atom. The van der Waals surface area contributed by atoms with Gasteiger partial charge in [-0.05, 0) is 72.9 Å². The minimum Gasteiger partial charge on any atom is -0.481 e. The smallest absolute Gasteiger partial charge is 0.306 e. The fourth-order valence-electron chi connectivity index (χ4n) is 3.77. The number of benzene rings is 1. The Morgan fingerprint density at radius 2 is 1.40 bits per heavy atom. The highest BCUT2D eigenvalue weighted by Gasteiger charge is 2.22. The van der Waals surface area contributed by atoms with Gasteiger partial charge in [0.1, 0.15) is 19.0 Å². The maximum Gasteiger partial charge on any atom is 0.306 e. The molecule has 0 spiro atoms. The molecule has 12 heteroatoms. The molecule has 0 unspecified atom stereocenters. The second-order valence-electron chi connectivity index (χ2n) is 9.82. The Morgan fingerprint density at radius 3 is 2.07 bits per heavy atom. The lowest BCUT2D eigenvalue weighted by Gasteiger charge is -2.12. The number of carboxylic acid groups (broad SMARTS) is 1. The zero-order valence-electron chi connectivity index (χ0n) is 24.4. The number of carboxylic acids is 1. The average Bonchev–Trinajstić information content (AvgIpc) is 2.94. The average molecular weight is 706 g/mol. The number of carbonyl (C=O) groups is 5. The predicted molar refractivity (Wildman–Crippen MR) is 163 cm³/mol. The summed E-state index contributed by atoms with van der Waals surface area (Å²) in [5, 5.41) is 12.1. The number of ether oxygens (including phenoxy) is 4. The standard InChI is InChI=1S/C30H44INO10/c1-23(33)21-41-18-16-39-14-3-6-28(35)22-42-19-17-40-15-13-32-29(36)12-9-25(30(37)38)20-27(34)5-2-4-24-7-10-26(31)11-8-24/h7-8,10-11,25H,2-6,9,12-22H2,1H3,(H,32,36)(H,37,38)/t25-/m1/s1. The van der Waals surface area contributed by atoms with Crippen molar-refractivity contribution in [2.24, 2.45) is 5.92 Å². The molecule has 1 aromatic carbocycles. The molecule has 2 N–H and O–H groups in total. The van der Waals surface area contributed by atoms with Gasteiger partial charge in [0.05, 0.1) is 39.0 Å². The van der Waals surface area contributed by atoms with Crippen molar-refractivity contribution in [3.63, 3.8) is 0 Å². The first kappa shape index (κ1) is 37.8. The highest BCUT2D eigenvalue weighted by atomic mass is 127. The van der Waals surface area contributed by atoms with Crippen LogP contribution in [0.3, 0.4) is 0 Å². The molecule has 1 rings (SSSR count). The summed E-state index contributed by atoms with van der Waals surface area (Å²) in [4.78, 5) is 58.5. The first-order chi connectivity index (χ1) is 20.2. The molecule has 236 valence electrons. The number of nitrogens with one attached hydrogen (secondary N) is 1. The minimum atomic E-state index is -1.07. The fraction of sp³-hybridized carbons (Fsp3) is 0.633. The van der Waals surface area contributed by atoms with Crippen LogP contribution in [0.25, 0.3) is 0 Å². The molecule has 42 heavy (non-hydrogen) atoms. The van der Waals surface area contributed by atoms with Crippen LogP contribution in [-0.4, -0.2) is 93.7 Å². The predicted octanol–water partition coefficient (Wildman–Crippen LogP) is 3.18. The third-order valence-electron chi connectivity index (χ3n) is 6.00. The summed E-state index contributed by atoms with van der Waals surface area (Å²) in [7, 11) is 0. The van der Waals surface area contributed by atoms with Gasteiger partial charge in [0, 0.05) is 42.4 Å². The second-order valence-corrected chi connectivity index (χ2v) is 11.1. The molecular formula is C30H44INO10. The van der Waals surface area contributed by atoms with E-state index in [-0.39, 0.29) is 82.1 Å². The van der Waals surface area contributed by atoms with Crippen LogP contribution in [0.2, 0.25) is 0 Å². The van der Waals surface area contributed by atoms with E-state index in [4.69, 9.17) is 18.9 Å². The molecule has 1 amide bonds. The lowest BCUT2D eigenvalue weighted by atomic mass is 9.94. The largest absolute Gasteiger partial charge is 0.481 e. The van der Waals surface area contributed by atoms with Gasteiger partial charge in [0.15, 0.2) is 11.6 Å². The van der Waals surface area contributed by atoms with E-state index in [2.05, 4.69) is 27.9 Å². The van der Waals surface area contributed by atoms with Crippen molar-refractivity contribution in [2.45, 2.75) is 58.3 Å². The minimum absolute atomic E-state index is 0.0107. The Labute approximate surface area is 261 Å². The van der Waals surface area contributed by atoms with Crippen LogP contribution >= 0.6 is 22.6 Å². The number of carbonyl (C=O) groups excluding carboxylic acids is 4. The monoisotopic (exact) mass is 705 g/mol. The highest BCUT2D eigenvalue weighted by Crippen LogP contribution is 2.16. The van der Waals surface area contributed by atoms with Crippen molar-refractivity contribution in [1.29, 1.82) is 0 Å². The SMILES string of the molecule is CC(=O)COCCOCCCC(=O)COCCOCCNC(=O)CC[C@H](CC(=O)CCCc1ccc(I)cc1)C(=O)O. The third kappa shape index (κ3) is 21.4. The van der Waals surface area contributed by atoms with Gasteiger partial charge in [-0.2, -0.15) is 0 Å². The molecule has 1 aromatic rings. The van der Waals surface area contributed by atoms with Gasteiger partial charge in [0.2, 0.25) is 5.91 Å². The Balaban J connectivity index is 2.01. The van der Waals surface area contributed by atoms with Gasteiger partial charge in [-0.1, -0.05) is 12.1 Å². The number of hydrogen-bond donors (Lipinski definition) is 2. The summed E-state index contributed by atoms with van der Waals surface area (Å²) in [6.07, 6.45) is 2.67. The van der Waals surface area contributed by atoms with Crippen molar-refractivity contribution < 1.29 is 48.0 Å². The maximum absolute atomic E-state index is 12.3. The van der Waals surface area contributed by atoms with Crippen LogP contribution in [-0.2, 0) is 49.3 Å². The number of rotatable bonds is 27. The number of ketones is 3. The van der Waals surface area contributed by atoms with E-state index in [0.29, 0.717) is 45.5 Å². The molecule has 1 atom stereocenters. The molecule has 0 aliphatic carbocycles. The van der Waals surface area contributed by atoms with Crippen molar-refractivity contribution in [3.8, 4) is 0 Å². The normalized spacial score (nSPS) is 11.7. The molecular weight excluding hydrogens is 661 g/mol. The lowest BCUT2D eigenvalue weighted by molar-refractivity contribution is -0.144. The maximum atomic E-state index is 12.3. The molecule has 0 saturated carbocycles. The summed E-state index contributed by atoms with van der Waals surface area (Å²) < 4.78 is 22.2. The molecule has 0 heterocycles. The van der Waals surface area contributed by atoms with E-state index >= 15 is 0 Å². The van der Waals surface area contributed by atoms with Crippen molar-refractivity contribution in [2.75, 3.05) is 59.4 Å². The fourth-order valence-corrected chi connectivity index (χ4v) is 4.13. The first-order valence-corrected chi connectivity index (χ1v) is 15.3. The van der Waals surface area contributed by atoms with Gasteiger partial charge < -0.3 is 29.4 Å². The third-order valence-corrected chi connectivity index (χ3v) is 6.72. The molecule has 0 aliphatic heterocycles. The van der Waals surface area contributed by atoms with Crippen molar-refractivity contribution >= 4 is 51.8 Å². The van der Waals surface area contributed by atoms with Crippen LogP contribution in [0, 0.1) is 9.49 Å². The molecule has 0 radical (unpaired) electrons. The quantitative estimate of drug-likeness (QED) is 0.103. The van der Waals surface area contributed by atoms with Gasteiger partial charge in [-0.15, -0.1) is 0 Å². The summed E-state index contributed by atoms with van der Waals surface area (Å²) in [5.74, 6) is -2.45. The van der Waals surface area contributed by atoms with Crippen LogP contribution in [0.5, 0.6) is 0 Å². The molecule has 0 aliphatic rings. The molecule has 11 nitrogen and oxygen atoms in total. The van der Waals surface area contributed by atoms with Crippen molar-refractivity contribution in [3.05, 3.63) is 33.4 Å². The summed E-state index contributed by atoms with van der Waals surface area (Å²) in [6, 6.07) is 8.06. The number of aryl methyl sites for hydroxylation is 1. The molecule has 0 bridgehead atoms. The topological polar surface area (TPSA) is 155 Å². The second kappa shape index (κ2) is 24.2. The Hall–Kier alpha value is -2.26. The first-order valence-electron chi connectivity index (χ1n) is 14.2. The lowest BCUT2D eigenvalue weighted by Crippen LogP contribution is -2.29. The molecule has 0 fully saturated rings. The number of Topliss-reactive ketones (excluding diaryl/α,β-unsaturated/α-hetero) is 3. The summed E-state index contributed by atoms with van der Waals surface area (Å²) in [5.41, 5.74) is 1.14. The number of halogens is 1. The van der Waals surface area contributed by atoms with Gasteiger partial charge in [-0.3, -0.25) is 24.0 Å². The van der Waals surface area contributed by atoms with Crippen LogP contribution in [0.15, 0.2) is 24.3 Å². The van der Waals surface area contributed by atoms with Gasteiger partial charge in [0.25, 0.3) is 0 Å². The van der Waals surface area contributed by atoms with Crippen LogP contribution in [0.4, 0.5) is 0 Å². The number of hydrogen-bond acceptors (Lipinski definition) is 9.